The number of hydrogen-bond donors (Lipinski definition) is 0. The number of esters is 1. The second kappa shape index (κ2) is 8.99. The van der Waals surface area contributed by atoms with Gasteiger partial charge in [-0.1, -0.05) is 30.3 Å². The molecule has 1 aromatic carbocycles. The molecule has 0 aromatic heterocycles. The summed E-state index contributed by atoms with van der Waals surface area (Å²) in [5.74, 6) is 0.313. The molecule has 24 heavy (non-hydrogen) atoms. The lowest BCUT2D eigenvalue weighted by Crippen LogP contribution is -3.00. The molecule has 2 heterocycles. The van der Waals surface area contributed by atoms with Crippen LogP contribution in [0.2, 0.25) is 0 Å². The molecule has 4 heteroatoms. The Kier molecular flexibility index (Phi) is 7.29. The quantitative estimate of drug-likeness (QED) is 0.297. The SMILES string of the molecule is C[N+]12CCCC[C@@H]1[C@H](COC(=O)/C=C/c1ccccc1)CCC2.[I-]. The third kappa shape index (κ3) is 4.82. The summed E-state index contributed by atoms with van der Waals surface area (Å²) in [6.45, 7) is 3.17. The molecule has 0 N–H and O–H groups in total. The predicted molar refractivity (Wildman–Crippen MR) is 92.7 cm³/mol. The number of benzene rings is 1. The first-order valence-corrected chi connectivity index (χ1v) is 8.91. The van der Waals surface area contributed by atoms with Crippen molar-refractivity contribution in [2.75, 3.05) is 26.7 Å². The van der Waals surface area contributed by atoms with Crippen molar-refractivity contribution >= 4 is 12.0 Å². The first-order chi connectivity index (χ1) is 11.2. The highest BCUT2D eigenvalue weighted by Crippen LogP contribution is 2.36. The molecule has 1 aromatic rings. The number of carbonyl (C=O) groups excluding carboxylic acids is 1. The molecule has 2 fully saturated rings. The number of rotatable bonds is 4. The largest absolute Gasteiger partial charge is 1.00 e. The Labute approximate surface area is 162 Å². The molecule has 0 spiro atoms. The van der Waals surface area contributed by atoms with E-state index in [4.69, 9.17) is 4.74 Å². The Balaban J connectivity index is 0.00000208. The average Bonchev–Trinajstić information content (AvgIpc) is 2.58. The maximum Gasteiger partial charge on any atom is 0.330 e. The fourth-order valence-electron chi connectivity index (χ4n) is 4.39. The van der Waals surface area contributed by atoms with Crippen LogP contribution in [0.25, 0.3) is 6.08 Å². The summed E-state index contributed by atoms with van der Waals surface area (Å²) in [4.78, 5) is 12.0. The van der Waals surface area contributed by atoms with E-state index in [9.17, 15) is 4.79 Å². The fraction of sp³-hybridized carbons (Fsp3) is 0.550. The van der Waals surface area contributed by atoms with Gasteiger partial charge >= 0.3 is 5.97 Å². The second-order valence-electron chi connectivity index (χ2n) is 7.27. The minimum Gasteiger partial charge on any atom is -1.00 e. The summed E-state index contributed by atoms with van der Waals surface area (Å²) in [5.41, 5.74) is 1.03. The van der Waals surface area contributed by atoms with Crippen LogP contribution < -0.4 is 24.0 Å². The molecule has 3 nitrogen and oxygen atoms in total. The maximum atomic E-state index is 12.0. The summed E-state index contributed by atoms with van der Waals surface area (Å²) in [6, 6.07) is 10.6. The van der Waals surface area contributed by atoms with Gasteiger partial charge < -0.3 is 33.2 Å². The molecule has 3 rings (SSSR count). The van der Waals surface area contributed by atoms with E-state index in [1.807, 2.05) is 36.4 Å². The van der Waals surface area contributed by atoms with Crippen LogP contribution in [-0.2, 0) is 9.53 Å². The van der Waals surface area contributed by atoms with Crippen molar-refractivity contribution in [1.82, 2.24) is 0 Å². The van der Waals surface area contributed by atoms with Gasteiger partial charge in [0, 0.05) is 18.4 Å². The summed E-state index contributed by atoms with van der Waals surface area (Å²) < 4.78 is 6.76. The molecule has 1 unspecified atom stereocenters. The Morgan fingerprint density at radius 3 is 2.71 bits per heavy atom. The van der Waals surface area contributed by atoms with Gasteiger partial charge in [-0.2, -0.15) is 0 Å². The number of ether oxygens (including phenoxy) is 1. The van der Waals surface area contributed by atoms with E-state index in [0.29, 0.717) is 18.6 Å². The van der Waals surface area contributed by atoms with Crippen molar-refractivity contribution in [3.63, 3.8) is 0 Å². The molecule has 3 atom stereocenters. The molecule has 132 valence electrons. The first kappa shape index (κ1) is 19.4. The van der Waals surface area contributed by atoms with Gasteiger partial charge in [0.25, 0.3) is 0 Å². The molecule has 0 bridgehead atoms. The van der Waals surface area contributed by atoms with Crippen molar-refractivity contribution in [3.05, 3.63) is 42.0 Å². The zero-order chi connectivity index (χ0) is 16.1. The summed E-state index contributed by atoms with van der Waals surface area (Å²) in [7, 11) is 2.40. The van der Waals surface area contributed by atoms with Gasteiger partial charge in [0.05, 0.1) is 26.2 Å². The van der Waals surface area contributed by atoms with Crippen LogP contribution in [0.5, 0.6) is 0 Å². The van der Waals surface area contributed by atoms with Crippen molar-refractivity contribution in [1.29, 1.82) is 0 Å². The van der Waals surface area contributed by atoms with E-state index in [1.165, 1.54) is 49.7 Å². The monoisotopic (exact) mass is 441 g/mol. The van der Waals surface area contributed by atoms with Crippen molar-refractivity contribution in [2.45, 2.75) is 38.1 Å². The summed E-state index contributed by atoms with van der Waals surface area (Å²) in [6.07, 6.45) is 9.80. The molecule has 0 amide bonds. The van der Waals surface area contributed by atoms with E-state index < -0.39 is 0 Å². The summed E-state index contributed by atoms with van der Waals surface area (Å²) >= 11 is 0. The molecule has 0 saturated carbocycles. The van der Waals surface area contributed by atoms with Crippen LogP contribution in [0.3, 0.4) is 0 Å². The normalized spacial score (nSPS) is 29.5. The van der Waals surface area contributed by atoms with Crippen LogP contribution in [0.15, 0.2) is 36.4 Å². The predicted octanol–water partition coefficient (Wildman–Crippen LogP) is 0.656. The van der Waals surface area contributed by atoms with Crippen molar-refractivity contribution < 1.29 is 38.0 Å². The number of nitrogens with zero attached hydrogens (tertiary/aromatic N) is 1. The molecule has 0 aliphatic carbocycles. The van der Waals surface area contributed by atoms with E-state index in [-0.39, 0.29) is 29.9 Å². The highest BCUT2D eigenvalue weighted by atomic mass is 127. The van der Waals surface area contributed by atoms with Crippen LogP contribution in [0.4, 0.5) is 0 Å². The summed E-state index contributed by atoms with van der Waals surface area (Å²) in [5, 5.41) is 0. The number of hydrogen-bond acceptors (Lipinski definition) is 2. The van der Waals surface area contributed by atoms with Gasteiger partial charge in [-0.05, 0) is 37.3 Å². The number of piperidine rings is 2. The number of quaternary nitrogens is 1. The highest BCUT2D eigenvalue weighted by Gasteiger charge is 2.43. The van der Waals surface area contributed by atoms with Gasteiger partial charge in [0.1, 0.15) is 6.61 Å². The van der Waals surface area contributed by atoms with Crippen LogP contribution in [0, 0.1) is 5.92 Å². The average molecular weight is 441 g/mol. The van der Waals surface area contributed by atoms with Gasteiger partial charge in [-0.3, -0.25) is 0 Å². The van der Waals surface area contributed by atoms with E-state index in [1.54, 1.807) is 6.08 Å². The Hall–Kier alpha value is -0.880. The third-order valence-corrected chi connectivity index (χ3v) is 5.66. The molecular weight excluding hydrogens is 413 g/mol. The maximum absolute atomic E-state index is 12.0. The highest BCUT2D eigenvalue weighted by molar-refractivity contribution is 5.87. The van der Waals surface area contributed by atoms with Crippen molar-refractivity contribution in [3.8, 4) is 0 Å². The molecular formula is C20H28INO2. The smallest absolute Gasteiger partial charge is 0.330 e. The van der Waals surface area contributed by atoms with Crippen molar-refractivity contribution in [2.24, 2.45) is 5.92 Å². The van der Waals surface area contributed by atoms with Crippen LogP contribution >= 0.6 is 0 Å². The third-order valence-electron chi connectivity index (χ3n) is 5.66. The number of halogens is 1. The molecule has 0 radical (unpaired) electrons. The molecule has 2 aliphatic rings. The lowest BCUT2D eigenvalue weighted by atomic mass is 9.82. The van der Waals surface area contributed by atoms with Crippen LogP contribution in [-0.4, -0.2) is 43.2 Å². The number of fused-ring (bicyclic) bond motifs is 1. The molecule has 2 saturated heterocycles. The van der Waals surface area contributed by atoms with E-state index in [2.05, 4.69) is 7.05 Å². The van der Waals surface area contributed by atoms with E-state index in [0.717, 1.165) is 5.56 Å². The minimum absolute atomic E-state index is 0. The fourth-order valence-corrected chi connectivity index (χ4v) is 4.39. The topological polar surface area (TPSA) is 26.3 Å². The molecule has 2 aliphatic heterocycles. The lowest BCUT2D eigenvalue weighted by molar-refractivity contribution is -0.947. The second-order valence-corrected chi connectivity index (χ2v) is 7.27. The number of carbonyl (C=O) groups is 1. The lowest BCUT2D eigenvalue weighted by Gasteiger charge is -2.51. The standard InChI is InChI=1S/C20H28NO2.HI/c1-21-14-6-5-11-19(21)18(10-7-15-21)16-23-20(22)13-12-17-8-3-2-4-9-17;/h2-4,8-9,12-13,18-19H,5-7,10-11,14-16H2,1H3;1H/q+1;/p-1/b13-12+;/t18-,19+,21?;/m0./s1. The van der Waals surface area contributed by atoms with Gasteiger partial charge in [0.2, 0.25) is 0 Å². The Morgan fingerprint density at radius 2 is 1.92 bits per heavy atom. The zero-order valence-electron chi connectivity index (χ0n) is 14.5. The zero-order valence-corrected chi connectivity index (χ0v) is 16.7. The first-order valence-electron chi connectivity index (χ1n) is 8.91. The van der Waals surface area contributed by atoms with Crippen LogP contribution in [0.1, 0.15) is 37.7 Å². The minimum atomic E-state index is -0.218. The van der Waals surface area contributed by atoms with Gasteiger partial charge in [-0.15, -0.1) is 0 Å². The van der Waals surface area contributed by atoms with Gasteiger partial charge in [-0.25, -0.2) is 4.79 Å². The Bertz CT molecular complexity index is 556. The Morgan fingerprint density at radius 1 is 1.17 bits per heavy atom. The van der Waals surface area contributed by atoms with Gasteiger partial charge in [0.15, 0.2) is 0 Å². The van der Waals surface area contributed by atoms with E-state index >= 15 is 0 Å².